The Labute approximate surface area is 219 Å². The Morgan fingerprint density at radius 1 is 1.00 bits per heavy atom. The van der Waals surface area contributed by atoms with Gasteiger partial charge in [-0.05, 0) is 42.8 Å². The van der Waals surface area contributed by atoms with Crippen LogP contribution in [0.4, 0.5) is 5.69 Å². The van der Waals surface area contributed by atoms with Crippen molar-refractivity contribution in [1.82, 2.24) is 9.88 Å². The van der Waals surface area contributed by atoms with E-state index in [4.69, 9.17) is 4.74 Å². The van der Waals surface area contributed by atoms with Gasteiger partial charge in [0.25, 0.3) is 0 Å². The van der Waals surface area contributed by atoms with E-state index in [9.17, 15) is 14.4 Å². The van der Waals surface area contributed by atoms with Crippen molar-refractivity contribution in [3.63, 3.8) is 0 Å². The highest BCUT2D eigenvalue weighted by Gasteiger charge is 2.39. The largest absolute Gasteiger partial charge is 0.462 e. The predicted octanol–water partition coefficient (Wildman–Crippen LogP) is 4.85. The van der Waals surface area contributed by atoms with E-state index in [1.807, 2.05) is 66.2 Å². The van der Waals surface area contributed by atoms with Gasteiger partial charge in [-0.25, -0.2) is 4.79 Å². The summed E-state index contributed by atoms with van der Waals surface area (Å²) in [6.45, 7) is 2.36. The second-order valence-electron chi connectivity index (χ2n) is 8.72. The van der Waals surface area contributed by atoms with E-state index in [0.717, 1.165) is 27.1 Å². The van der Waals surface area contributed by atoms with Crippen LogP contribution in [0.2, 0.25) is 0 Å². The molecule has 0 bridgehead atoms. The fourth-order valence-electron chi connectivity index (χ4n) is 4.71. The number of nitrogens with zero attached hydrogens (tertiary/aromatic N) is 2. The van der Waals surface area contributed by atoms with Crippen molar-refractivity contribution >= 4 is 46.1 Å². The number of hydrogen-bond acceptors (Lipinski definition) is 5. The number of ether oxygens (including phenoxy) is 1. The molecule has 0 saturated heterocycles. The third-order valence-corrected chi connectivity index (χ3v) is 7.60. The molecule has 1 N–H and O–H groups in total. The SMILES string of the molecule is CCOC(=O)c1ccc(N2C(=O)CSc3c(c4ccccc4n3C)[C@H]2C(=O)NCc2ccccc2)cc1. The van der Waals surface area contributed by atoms with Gasteiger partial charge < -0.3 is 14.6 Å². The molecule has 2 amide bonds. The average molecular weight is 514 g/mol. The minimum absolute atomic E-state index is 0.180. The Hall–Kier alpha value is -4.04. The van der Waals surface area contributed by atoms with Crippen molar-refractivity contribution < 1.29 is 19.1 Å². The molecule has 0 spiro atoms. The van der Waals surface area contributed by atoms with Crippen LogP contribution in [0.3, 0.4) is 0 Å². The maximum Gasteiger partial charge on any atom is 0.338 e. The first-order valence-electron chi connectivity index (χ1n) is 12.1. The van der Waals surface area contributed by atoms with Gasteiger partial charge >= 0.3 is 5.97 Å². The first kappa shape index (κ1) is 24.6. The summed E-state index contributed by atoms with van der Waals surface area (Å²) >= 11 is 1.44. The molecule has 188 valence electrons. The van der Waals surface area contributed by atoms with Crippen molar-refractivity contribution in [2.24, 2.45) is 7.05 Å². The van der Waals surface area contributed by atoms with E-state index >= 15 is 0 Å². The standard InChI is InChI=1S/C29H27N3O4S/c1-3-36-29(35)20-13-15-21(16-14-20)32-24(33)18-37-28-25(22-11-7-8-12-23(22)31(28)2)26(32)27(34)30-17-19-9-5-4-6-10-19/h4-16,26H,3,17-18H2,1-2H3,(H,30,34)/t26-/m0/s1. The number of benzene rings is 3. The number of carbonyl (C=O) groups is 3. The zero-order chi connectivity index (χ0) is 25.9. The third-order valence-electron chi connectivity index (χ3n) is 6.44. The van der Waals surface area contributed by atoms with E-state index in [0.29, 0.717) is 17.8 Å². The van der Waals surface area contributed by atoms with Crippen LogP contribution >= 0.6 is 11.8 Å². The molecule has 1 atom stereocenters. The smallest absolute Gasteiger partial charge is 0.338 e. The van der Waals surface area contributed by atoms with E-state index in [2.05, 4.69) is 5.32 Å². The quantitative estimate of drug-likeness (QED) is 0.373. The normalized spacial score (nSPS) is 15.2. The number of fused-ring (bicyclic) bond motifs is 3. The predicted molar refractivity (Wildman–Crippen MR) is 145 cm³/mol. The Bertz CT molecular complexity index is 1460. The van der Waals surface area contributed by atoms with Crippen LogP contribution < -0.4 is 10.2 Å². The lowest BCUT2D eigenvalue weighted by Crippen LogP contribution is -2.43. The van der Waals surface area contributed by atoms with Crippen LogP contribution in [-0.2, 0) is 27.9 Å². The molecule has 7 nitrogen and oxygen atoms in total. The highest BCUT2D eigenvalue weighted by molar-refractivity contribution is 8.00. The second kappa shape index (κ2) is 10.5. The average Bonchev–Trinajstić information content (AvgIpc) is 3.10. The molecule has 0 unspecified atom stereocenters. The topological polar surface area (TPSA) is 80.6 Å². The van der Waals surface area contributed by atoms with Gasteiger partial charge in [0, 0.05) is 35.7 Å². The molecule has 0 fully saturated rings. The maximum atomic E-state index is 13.9. The van der Waals surface area contributed by atoms with Gasteiger partial charge in [0.2, 0.25) is 11.8 Å². The fraction of sp³-hybridized carbons (Fsp3) is 0.207. The number of thioether (sulfide) groups is 1. The third kappa shape index (κ3) is 4.72. The number of aromatic nitrogens is 1. The van der Waals surface area contributed by atoms with E-state index < -0.39 is 12.0 Å². The first-order chi connectivity index (χ1) is 18.0. The zero-order valence-electron chi connectivity index (χ0n) is 20.6. The molecule has 0 aliphatic carbocycles. The van der Waals surface area contributed by atoms with Gasteiger partial charge in [-0.15, -0.1) is 0 Å². The lowest BCUT2D eigenvalue weighted by molar-refractivity contribution is -0.125. The van der Waals surface area contributed by atoms with Crippen molar-refractivity contribution in [1.29, 1.82) is 0 Å². The molecule has 1 aromatic heterocycles. The van der Waals surface area contributed by atoms with Crippen molar-refractivity contribution in [3.8, 4) is 0 Å². The molecule has 1 aliphatic rings. The van der Waals surface area contributed by atoms with Gasteiger partial charge in [-0.2, -0.15) is 0 Å². The number of esters is 1. The molecule has 3 aromatic carbocycles. The Balaban J connectivity index is 1.60. The number of aryl methyl sites for hydroxylation is 1. The summed E-state index contributed by atoms with van der Waals surface area (Å²) in [6.07, 6.45) is 0. The summed E-state index contributed by atoms with van der Waals surface area (Å²) in [6, 6.07) is 23.3. The monoisotopic (exact) mass is 513 g/mol. The molecular weight excluding hydrogens is 486 g/mol. The van der Waals surface area contributed by atoms with Gasteiger partial charge in [0.1, 0.15) is 6.04 Å². The van der Waals surface area contributed by atoms with Gasteiger partial charge in [-0.3, -0.25) is 14.5 Å². The lowest BCUT2D eigenvalue weighted by Gasteiger charge is -2.30. The molecule has 5 rings (SSSR count). The Morgan fingerprint density at radius 3 is 2.43 bits per heavy atom. The Kier molecular flexibility index (Phi) is 7.01. The zero-order valence-corrected chi connectivity index (χ0v) is 21.5. The summed E-state index contributed by atoms with van der Waals surface area (Å²) in [7, 11) is 1.96. The lowest BCUT2D eigenvalue weighted by atomic mass is 10.0. The molecule has 1 aliphatic heterocycles. The van der Waals surface area contributed by atoms with Crippen molar-refractivity contribution in [2.75, 3.05) is 17.3 Å². The number of hydrogen-bond donors (Lipinski definition) is 1. The maximum absolute atomic E-state index is 13.9. The Morgan fingerprint density at radius 2 is 1.70 bits per heavy atom. The first-order valence-corrected chi connectivity index (χ1v) is 13.1. The van der Waals surface area contributed by atoms with Crippen molar-refractivity contribution in [3.05, 3.63) is 95.6 Å². The molecular formula is C29H27N3O4S. The summed E-state index contributed by atoms with van der Waals surface area (Å²) in [5.74, 6) is -0.708. The summed E-state index contributed by atoms with van der Waals surface area (Å²) in [5.41, 5.74) is 3.69. The van der Waals surface area contributed by atoms with Crippen molar-refractivity contribution in [2.45, 2.75) is 24.5 Å². The van der Waals surface area contributed by atoms with E-state index in [1.54, 1.807) is 36.1 Å². The molecule has 8 heteroatoms. The number of rotatable bonds is 6. The molecule has 0 radical (unpaired) electrons. The molecule has 37 heavy (non-hydrogen) atoms. The number of amides is 2. The minimum Gasteiger partial charge on any atom is -0.462 e. The summed E-state index contributed by atoms with van der Waals surface area (Å²) in [5, 5.41) is 4.87. The highest BCUT2D eigenvalue weighted by atomic mass is 32.2. The van der Waals surface area contributed by atoms with Gasteiger partial charge in [-0.1, -0.05) is 60.3 Å². The van der Waals surface area contributed by atoms with Crippen LogP contribution in [0.25, 0.3) is 10.9 Å². The summed E-state index contributed by atoms with van der Waals surface area (Å²) in [4.78, 5) is 41.2. The molecule has 4 aromatic rings. The minimum atomic E-state index is -0.888. The molecule has 2 heterocycles. The van der Waals surface area contributed by atoms with Gasteiger partial charge in [0.05, 0.1) is 22.9 Å². The van der Waals surface area contributed by atoms with Crippen LogP contribution in [0.5, 0.6) is 0 Å². The number of carbonyl (C=O) groups excluding carboxylic acids is 3. The second-order valence-corrected chi connectivity index (χ2v) is 9.68. The van der Waals surface area contributed by atoms with Crippen LogP contribution in [0.15, 0.2) is 83.9 Å². The highest BCUT2D eigenvalue weighted by Crippen LogP contribution is 2.43. The molecule has 0 saturated carbocycles. The van der Waals surface area contributed by atoms with Crippen LogP contribution in [-0.4, -0.2) is 34.7 Å². The fourth-order valence-corrected chi connectivity index (χ4v) is 5.77. The van der Waals surface area contributed by atoms with E-state index in [-0.39, 0.29) is 24.2 Å². The van der Waals surface area contributed by atoms with E-state index in [1.165, 1.54) is 11.8 Å². The van der Waals surface area contributed by atoms with Crippen LogP contribution in [0.1, 0.15) is 34.5 Å². The summed E-state index contributed by atoms with van der Waals surface area (Å²) < 4.78 is 7.14. The number of nitrogens with one attached hydrogen (secondary N) is 1. The van der Waals surface area contributed by atoms with Crippen LogP contribution in [0, 0.1) is 0 Å². The van der Waals surface area contributed by atoms with Gasteiger partial charge in [0.15, 0.2) is 0 Å². The number of anilines is 1. The number of para-hydroxylation sites is 1.